The Bertz CT molecular complexity index is 1280. The fraction of sp³-hybridized carbons (Fsp3) is 0.440. The summed E-state index contributed by atoms with van der Waals surface area (Å²) in [6.45, 7) is 8.62. The zero-order valence-electron chi connectivity index (χ0n) is 20.2. The minimum absolute atomic E-state index is 0.0800. The Labute approximate surface area is 219 Å². The van der Waals surface area contributed by atoms with Gasteiger partial charge in [-0.05, 0) is 68.2 Å². The molecule has 0 aromatic carbocycles. The predicted molar refractivity (Wildman–Crippen MR) is 147 cm³/mol. The van der Waals surface area contributed by atoms with Crippen LogP contribution in [0.4, 0.5) is 0 Å². The number of guanidine groups is 1. The molecule has 0 saturated heterocycles. The molecule has 34 heavy (non-hydrogen) atoms. The van der Waals surface area contributed by atoms with Crippen LogP contribution in [0.2, 0.25) is 0 Å². The van der Waals surface area contributed by atoms with Gasteiger partial charge in [0.15, 0.2) is 5.96 Å². The van der Waals surface area contributed by atoms with Crippen molar-refractivity contribution < 1.29 is 0 Å². The molecule has 0 amide bonds. The van der Waals surface area contributed by atoms with E-state index >= 15 is 0 Å². The first-order valence-electron chi connectivity index (χ1n) is 11.4. The monoisotopic (exact) mass is 533 g/mol. The molecule has 180 valence electrons. The first-order chi connectivity index (χ1) is 16.2. The lowest BCUT2D eigenvalue weighted by molar-refractivity contribution is 0.566. The number of amidine groups is 1. The summed E-state index contributed by atoms with van der Waals surface area (Å²) in [6, 6.07) is -0.205. The molecule has 4 heterocycles. The Morgan fingerprint density at radius 1 is 0.971 bits per heavy atom. The minimum Gasteiger partial charge on any atom is -0.361 e. The maximum Gasteiger partial charge on any atom is 0.199 e. The van der Waals surface area contributed by atoms with Crippen molar-refractivity contribution in [3.05, 3.63) is 58.5 Å². The standard InChI is InChI=1S/C25H29Cl2N5S2/c1-11-10-33-21(12(11)2)19-17(27)20(31-25(30-19)32(5)6)23-14(4)13(3)22(34-23)18-16(26)9-28-24(29-18)15-7-8-15/h9-10,15,18-19H,7-8H2,1-6H3,(H,28,29)(H,30,31). The molecule has 2 atom stereocenters. The van der Waals surface area contributed by atoms with Gasteiger partial charge in [0.1, 0.15) is 17.6 Å². The molecule has 5 rings (SSSR count). The third kappa shape index (κ3) is 4.11. The number of thiophene rings is 2. The third-order valence-electron chi connectivity index (χ3n) is 6.80. The minimum atomic E-state index is -0.125. The van der Waals surface area contributed by atoms with Crippen LogP contribution in [0.5, 0.6) is 0 Å². The summed E-state index contributed by atoms with van der Waals surface area (Å²) in [5.41, 5.74) is 5.80. The molecule has 1 saturated carbocycles. The largest absolute Gasteiger partial charge is 0.361 e. The van der Waals surface area contributed by atoms with Crippen LogP contribution in [0.1, 0.15) is 61.8 Å². The number of halogens is 2. The molecular weight excluding hydrogens is 505 g/mol. The lowest BCUT2D eigenvalue weighted by atomic mass is 10.0. The smallest absolute Gasteiger partial charge is 0.199 e. The van der Waals surface area contributed by atoms with Crippen molar-refractivity contribution in [2.45, 2.75) is 52.6 Å². The Hall–Kier alpha value is -1.80. The number of aryl methyl sites for hydroxylation is 1. The molecule has 2 unspecified atom stereocenters. The molecule has 1 aliphatic carbocycles. The highest BCUT2D eigenvalue weighted by Gasteiger charge is 2.35. The molecule has 3 aliphatic rings. The first-order valence-corrected chi connectivity index (χ1v) is 13.9. The average molecular weight is 535 g/mol. The fourth-order valence-electron chi connectivity index (χ4n) is 4.25. The quantitative estimate of drug-likeness (QED) is 0.457. The lowest BCUT2D eigenvalue weighted by Gasteiger charge is -2.29. The molecule has 0 bridgehead atoms. The molecule has 0 spiro atoms. The molecule has 9 heteroatoms. The van der Waals surface area contributed by atoms with Crippen molar-refractivity contribution >= 4 is 63.4 Å². The normalized spacial score (nSPS) is 22.6. The van der Waals surface area contributed by atoms with E-state index in [0.717, 1.165) is 27.4 Å². The predicted octanol–water partition coefficient (Wildman–Crippen LogP) is 6.75. The summed E-state index contributed by atoms with van der Waals surface area (Å²) >= 11 is 17.3. The van der Waals surface area contributed by atoms with E-state index in [1.165, 1.54) is 44.8 Å². The van der Waals surface area contributed by atoms with Crippen molar-refractivity contribution in [2.24, 2.45) is 15.9 Å². The van der Waals surface area contributed by atoms with Crippen LogP contribution in [-0.4, -0.2) is 30.8 Å². The van der Waals surface area contributed by atoms with Gasteiger partial charge in [-0.15, -0.1) is 22.7 Å². The molecule has 2 aromatic rings. The van der Waals surface area contributed by atoms with Gasteiger partial charge in [-0.25, -0.2) is 9.98 Å². The highest BCUT2D eigenvalue weighted by molar-refractivity contribution is 7.13. The van der Waals surface area contributed by atoms with Gasteiger partial charge in [-0.3, -0.25) is 0 Å². The van der Waals surface area contributed by atoms with Crippen LogP contribution in [0.15, 0.2) is 31.6 Å². The molecule has 2 aromatic heterocycles. The Morgan fingerprint density at radius 3 is 2.32 bits per heavy atom. The number of nitrogens with one attached hydrogen (secondary N) is 2. The zero-order chi connectivity index (χ0) is 24.3. The molecule has 5 nitrogen and oxygen atoms in total. The van der Waals surface area contributed by atoms with Gasteiger partial charge in [0, 0.05) is 36.0 Å². The van der Waals surface area contributed by atoms with Gasteiger partial charge in [-0.2, -0.15) is 0 Å². The molecular formula is C25H29Cl2N5S2. The second kappa shape index (κ2) is 9.01. The second-order valence-corrected chi connectivity index (χ2v) is 12.2. The van der Waals surface area contributed by atoms with Crippen LogP contribution < -0.4 is 10.6 Å². The maximum absolute atomic E-state index is 7.12. The summed E-state index contributed by atoms with van der Waals surface area (Å²) in [6.07, 6.45) is 4.19. The Kier molecular flexibility index (Phi) is 6.34. The van der Waals surface area contributed by atoms with E-state index < -0.39 is 0 Å². The van der Waals surface area contributed by atoms with Crippen LogP contribution in [0.25, 0.3) is 5.70 Å². The van der Waals surface area contributed by atoms with Crippen LogP contribution >= 0.6 is 45.9 Å². The molecule has 1 fully saturated rings. The fourth-order valence-corrected chi connectivity index (χ4v) is 7.47. The Morgan fingerprint density at radius 2 is 1.71 bits per heavy atom. The number of hydrogen-bond acceptors (Lipinski definition) is 7. The first kappa shape index (κ1) is 23.9. The maximum atomic E-state index is 7.12. The average Bonchev–Trinajstić information content (AvgIpc) is 3.55. The van der Waals surface area contributed by atoms with E-state index in [2.05, 4.69) is 48.7 Å². The van der Waals surface area contributed by atoms with Crippen molar-refractivity contribution in [1.29, 1.82) is 0 Å². The number of aliphatic imine (C=N–C) groups is 2. The van der Waals surface area contributed by atoms with E-state index in [9.17, 15) is 0 Å². The number of nitrogens with zero attached hydrogens (tertiary/aromatic N) is 3. The van der Waals surface area contributed by atoms with Gasteiger partial charge < -0.3 is 15.5 Å². The van der Waals surface area contributed by atoms with Gasteiger partial charge >= 0.3 is 0 Å². The van der Waals surface area contributed by atoms with E-state index in [1.54, 1.807) is 22.7 Å². The van der Waals surface area contributed by atoms with Crippen molar-refractivity contribution in [3.63, 3.8) is 0 Å². The SMILES string of the molecule is Cc1csc(C2NC(N(C)C)=NC(c3sc(C4NC(C5CC5)=NC=C4Cl)c(C)c3C)=C2Cl)c1C. The molecule has 2 N–H and O–H groups in total. The Balaban J connectivity index is 1.59. The van der Waals surface area contributed by atoms with Gasteiger partial charge in [-0.1, -0.05) is 23.2 Å². The highest BCUT2D eigenvalue weighted by Crippen LogP contribution is 2.46. The van der Waals surface area contributed by atoms with Gasteiger partial charge in [0.05, 0.1) is 21.0 Å². The van der Waals surface area contributed by atoms with E-state index in [0.29, 0.717) is 11.0 Å². The van der Waals surface area contributed by atoms with Crippen LogP contribution in [-0.2, 0) is 0 Å². The summed E-state index contributed by atoms with van der Waals surface area (Å²) in [4.78, 5) is 15.0. The van der Waals surface area contributed by atoms with Crippen LogP contribution in [0.3, 0.4) is 0 Å². The lowest BCUT2D eigenvalue weighted by Crippen LogP contribution is -2.41. The third-order valence-corrected chi connectivity index (χ3v) is 10.2. The summed E-state index contributed by atoms with van der Waals surface area (Å²) in [7, 11) is 4.00. The van der Waals surface area contributed by atoms with Gasteiger partial charge in [0.25, 0.3) is 0 Å². The van der Waals surface area contributed by atoms with Crippen molar-refractivity contribution in [2.75, 3.05) is 14.1 Å². The summed E-state index contributed by atoms with van der Waals surface area (Å²) < 4.78 is 0. The summed E-state index contributed by atoms with van der Waals surface area (Å²) in [5, 5.41) is 10.8. The molecule has 2 aliphatic heterocycles. The zero-order valence-corrected chi connectivity index (χ0v) is 23.4. The van der Waals surface area contributed by atoms with E-state index in [-0.39, 0.29) is 12.1 Å². The molecule has 0 radical (unpaired) electrons. The van der Waals surface area contributed by atoms with E-state index in [4.69, 9.17) is 28.2 Å². The number of hydrogen-bond donors (Lipinski definition) is 2. The topological polar surface area (TPSA) is 52.0 Å². The van der Waals surface area contributed by atoms with Crippen molar-refractivity contribution in [1.82, 2.24) is 15.5 Å². The van der Waals surface area contributed by atoms with Crippen molar-refractivity contribution in [3.8, 4) is 0 Å². The van der Waals surface area contributed by atoms with Gasteiger partial charge in [0.2, 0.25) is 0 Å². The summed E-state index contributed by atoms with van der Waals surface area (Å²) in [5.74, 6) is 2.40. The highest BCUT2D eigenvalue weighted by atomic mass is 35.5. The van der Waals surface area contributed by atoms with E-state index in [1.807, 2.05) is 25.2 Å². The van der Waals surface area contributed by atoms with Crippen LogP contribution in [0, 0.1) is 33.6 Å². The second-order valence-electron chi connectivity index (χ2n) is 9.44. The number of rotatable bonds is 4.